The SMILES string of the molecule is C[C@@H]1CN(C[C@H]2CN(Cc3ccc(-c4ccn[nH]4)o3)C[C@H]2CO)C[C@H](C)O1. The van der Waals surface area contributed by atoms with Crippen LogP contribution in [0.15, 0.2) is 28.8 Å². The molecule has 148 valence electrons. The standard InChI is InChI=1S/C20H30N4O3/c1-14-7-23(8-15(2)26-14)9-16-10-24(11-17(16)13-25)12-18-3-4-20(27-18)19-5-6-21-22-19/h3-6,14-17,25H,7-13H2,1-2H3,(H,21,22)/t14-,15+,16-,17-/m0/s1. The first-order valence-corrected chi connectivity index (χ1v) is 9.90. The van der Waals surface area contributed by atoms with Gasteiger partial charge in [-0.25, -0.2) is 0 Å². The molecule has 2 saturated heterocycles. The molecule has 4 heterocycles. The average molecular weight is 374 g/mol. The van der Waals surface area contributed by atoms with E-state index in [9.17, 15) is 5.11 Å². The second kappa shape index (κ2) is 8.14. The fraction of sp³-hybridized carbons (Fsp3) is 0.650. The predicted molar refractivity (Wildman–Crippen MR) is 102 cm³/mol. The summed E-state index contributed by atoms with van der Waals surface area (Å²) in [6.45, 7) is 10.2. The number of hydrogen-bond donors (Lipinski definition) is 2. The monoisotopic (exact) mass is 374 g/mol. The zero-order valence-electron chi connectivity index (χ0n) is 16.2. The van der Waals surface area contributed by atoms with E-state index in [1.54, 1.807) is 6.20 Å². The third kappa shape index (κ3) is 4.43. The Morgan fingerprint density at radius 3 is 2.56 bits per heavy atom. The molecule has 27 heavy (non-hydrogen) atoms. The van der Waals surface area contributed by atoms with Crippen molar-refractivity contribution in [3.8, 4) is 11.5 Å². The van der Waals surface area contributed by atoms with Crippen LogP contribution in [0.2, 0.25) is 0 Å². The van der Waals surface area contributed by atoms with Crippen LogP contribution in [0.3, 0.4) is 0 Å². The van der Waals surface area contributed by atoms with E-state index < -0.39 is 0 Å². The van der Waals surface area contributed by atoms with Crippen LogP contribution in [0.25, 0.3) is 11.5 Å². The Kier molecular flexibility index (Phi) is 5.63. The van der Waals surface area contributed by atoms with Gasteiger partial charge in [-0.3, -0.25) is 14.9 Å². The fourth-order valence-electron chi connectivity index (χ4n) is 4.56. The van der Waals surface area contributed by atoms with Gasteiger partial charge in [0.2, 0.25) is 0 Å². The summed E-state index contributed by atoms with van der Waals surface area (Å²) in [4.78, 5) is 4.90. The molecule has 0 saturated carbocycles. The van der Waals surface area contributed by atoms with Crippen LogP contribution >= 0.6 is 0 Å². The highest BCUT2D eigenvalue weighted by molar-refractivity contribution is 5.51. The van der Waals surface area contributed by atoms with Gasteiger partial charge in [0, 0.05) is 45.5 Å². The number of rotatable bonds is 6. The summed E-state index contributed by atoms with van der Waals surface area (Å²) in [6.07, 6.45) is 2.28. The summed E-state index contributed by atoms with van der Waals surface area (Å²) in [5, 5.41) is 16.8. The maximum atomic E-state index is 9.88. The molecular weight excluding hydrogens is 344 g/mol. The van der Waals surface area contributed by atoms with E-state index >= 15 is 0 Å². The smallest absolute Gasteiger partial charge is 0.152 e. The second-order valence-corrected chi connectivity index (χ2v) is 8.11. The maximum absolute atomic E-state index is 9.88. The Bertz CT molecular complexity index is 707. The first kappa shape index (κ1) is 18.7. The first-order chi connectivity index (χ1) is 13.1. The van der Waals surface area contributed by atoms with E-state index in [-0.39, 0.29) is 18.8 Å². The van der Waals surface area contributed by atoms with Crippen molar-refractivity contribution in [2.24, 2.45) is 11.8 Å². The molecule has 0 radical (unpaired) electrons. The molecule has 0 aliphatic carbocycles. The van der Waals surface area contributed by atoms with Gasteiger partial charge in [-0.2, -0.15) is 5.10 Å². The number of hydrogen-bond acceptors (Lipinski definition) is 6. The molecule has 2 fully saturated rings. The van der Waals surface area contributed by atoms with Crippen molar-refractivity contribution >= 4 is 0 Å². The molecule has 0 amide bonds. The summed E-state index contributed by atoms with van der Waals surface area (Å²) in [5.41, 5.74) is 0.893. The van der Waals surface area contributed by atoms with Crippen LogP contribution in [-0.2, 0) is 11.3 Å². The Balaban J connectivity index is 1.35. The van der Waals surface area contributed by atoms with Crippen molar-refractivity contribution in [2.75, 3.05) is 39.3 Å². The van der Waals surface area contributed by atoms with E-state index in [2.05, 4.69) is 33.8 Å². The van der Waals surface area contributed by atoms with Crippen molar-refractivity contribution in [1.82, 2.24) is 20.0 Å². The van der Waals surface area contributed by atoms with Gasteiger partial charge in [0.1, 0.15) is 11.5 Å². The van der Waals surface area contributed by atoms with E-state index in [0.29, 0.717) is 11.8 Å². The van der Waals surface area contributed by atoms with Crippen LogP contribution in [0.4, 0.5) is 0 Å². The topological polar surface area (TPSA) is 77.8 Å². The summed E-state index contributed by atoms with van der Waals surface area (Å²) >= 11 is 0. The van der Waals surface area contributed by atoms with Crippen LogP contribution in [0.5, 0.6) is 0 Å². The number of aromatic nitrogens is 2. The van der Waals surface area contributed by atoms with Crippen molar-refractivity contribution in [3.63, 3.8) is 0 Å². The van der Waals surface area contributed by atoms with Gasteiger partial charge in [-0.15, -0.1) is 0 Å². The summed E-state index contributed by atoms with van der Waals surface area (Å²) < 4.78 is 11.8. The van der Waals surface area contributed by atoms with Crippen LogP contribution < -0.4 is 0 Å². The average Bonchev–Trinajstić information content (AvgIpc) is 3.34. The largest absolute Gasteiger partial charge is 0.458 e. The second-order valence-electron chi connectivity index (χ2n) is 8.11. The lowest BCUT2D eigenvalue weighted by molar-refractivity contribution is -0.0727. The summed E-state index contributed by atoms with van der Waals surface area (Å²) in [6, 6.07) is 5.92. The normalized spacial score (nSPS) is 30.2. The molecule has 2 aliphatic heterocycles. The quantitative estimate of drug-likeness (QED) is 0.803. The van der Waals surface area contributed by atoms with Gasteiger partial charge in [0.25, 0.3) is 0 Å². The molecule has 2 aromatic rings. The lowest BCUT2D eigenvalue weighted by atomic mass is 9.96. The van der Waals surface area contributed by atoms with Crippen molar-refractivity contribution in [2.45, 2.75) is 32.6 Å². The highest BCUT2D eigenvalue weighted by Crippen LogP contribution is 2.28. The van der Waals surface area contributed by atoms with Crippen molar-refractivity contribution in [3.05, 3.63) is 30.2 Å². The summed E-state index contributed by atoms with van der Waals surface area (Å²) in [7, 11) is 0. The number of ether oxygens (including phenoxy) is 1. The Labute approximate surface area is 160 Å². The maximum Gasteiger partial charge on any atom is 0.152 e. The van der Waals surface area contributed by atoms with Gasteiger partial charge in [0.05, 0.1) is 18.8 Å². The molecule has 4 rings (SSSR count). The number of likely N-dealkylation sites (tertiary alicyclic amines) is 1. The number of furan rings is 1. The minimum Gasteiger partial charge on any atom is -0.458 e. The van der Waals surface area contributed by atoms with E-state index in [4.69, 9.17) is 9.15 Å². The Morgan fingerprint density at radius 1 is 1.07 bits per heavy atom. The molecule has 0 aromatic carbocycles. The zero-order valence-corrected chi connectivity index (χ0v) is 16.2. The molecule has 2 aliphatic rings. The molecular formula is C20H30N4O3. The van der Waals surface area contributed by atoms with E-state index in [1.165, 1.54) is 0 Å². The molecule has 7 heteroatoms. The number of H-pyrrole nitrogens is 1. The van der Waals surface area contributed by atoms with Gasteiger partial charge in [0.15, 0.2) is 5.76 Å². The molecule has 0 spiro atoms. The van der Waals surface area contributed by atoms with Crippen LogP contribution in [0, 0.1) is 11.8 Å². The summed E-state index contributed by atoms with van der Waals surface area (Å²) in [5.74, 6) is 2.56. The van der Waals surface area contributed by atoms with E-state index in [1.807, 2.05) is 18.2 Å². The lowest BCUT2D eigenvalue weighted by Crippen LogP contribution is -2.48. The van der Waals surface area contributed by atoms with Gasteiger partial charge in [-0.1, -0.05) is 0 Å². The lowest BCUT2D eigenvalue weighted by Gasteiger charge is -2.37. The van der Waals surface area contributed by atoms with Crippen LogP contribution in [-0.4, -0.2) is 76.6 Å². The third-order valence-electron chi connectivity index (χ3n) is 5.68. The van der Waals surface area contributed by atoms with Crippen molar-refractivity contribution < 1.29 is 14.3 Å². The molecule has 4 atom stereocenters. The van der Waals surface area contributed by atoms with Crippen molar-refractivity contribution in [1.29, 1.82) is 0 Å². The number of aliphatic hydroxyl groups excluding tert-OH is 1. The van der Waals surface area contributed by atoms with E-state index in [0.717, 1.165) is 56.5 Å². The molecule has 7 nitrogen and oxygen atoms in total. The number of nitrogens with one attached hydrogen (secondary N) is 1. The first-order valence-electron chi connectivity index (χ1n) is 9.90. The Hall–Kier alpha value is -1.67. The predicted octanol–water partition coefficient (Wildman–Crippen LogP) is 1.82. The van der Waals surface area contributed by atoms with Crippen LogP contribution in [0.1, 0.15) is 19.6 Å². The van der Waals surface area contributed by atoms with Gasteiger partial charge < -0.3 is 14.3 Å². The number of nitrogens with zero attached hydrogens (tertiary/aromatic N) is 3. The van der Waals surface area contributed by atoms with Gasteiger partial charge >= 0.3 is 0 Å². The Morgan fingerprint density at radius 2 is 1.85 bits per heavy atom. The molecule has 0 bridgehead atoms. The number of morpholine rings is 1. The minimum absolute atomic E-state index is 0.244. The highest BCUT2D eigenvalue weighted by atomic mass is 16.5. The molecule has 0 unspecified atom stereocenters. The van der Waals surface area contributed by atoms with Gasteiger partial charge in [-0.05, 0) is 43.9 Å². The number of aromatic amines is 1. The highest BCUT2D eigenvalue weighted by Gasteiger charge is 2.35. The molecule has 2 aromatic heterocycles. The number of aliphatic hydroxyl groups is 1. The minimum atomic E-state index is 0.244. The zero-order chi connectivity index (χ0) is 18.8. The molecule has 2 N–H and O–H groups in total. The fourth-order valence-corrected chi connectivity index (χ4v) is 4.56. The third-order valence-corrected chi connectivity index (χ3v) is 5.68.